The van der Waals surface area contributed by atoms with Crippen LogP contribution in [0.1, 0.15) is 29.7 Å². The SMILES string of the molecule is C#C/C=C\c1nc(-c2ccc(N(c3ccccc3)C3C=C4OC(c5ccccc5)N(C)C4=CC3)cc2)oc1C. The molecule has 2 aliphatic rings. The van der Waals surface area contributed by atoms with Gasteiger partial charge in [0.15, 0.2) is 6.23 Å². The highest BCUT2D eigenvalue weighted by molar-refractivity contribution is 5.69. The molecule has 39 heavy (non-hydrogen) atoms. The number of hydrogen-bond acceptors (Lipinski definition) is 5. The van der Waals surface area contributed by atoms with Gasteiger partial charge in [-0.2, -0.15) is 0 Å². The summed E-state index contributed by atoms with van der Waals surface area (Å²) < 4.78 is 12.4. The molecule has 5 nitrogen and oxygen atoms in total. The normalized spacial score (nSPS) is 18.2. The molecular formula is C34H29N3O2. The summed E-state index contributed by atoms with van der Waals surface area (Å²) in [5.41, 5.74) is 6.12. The highest BCUT2D eigenvalue weighted by atomic mass is 16.5. The first-order valence-electron chi connectivity index (χ1n) is 13.0. The lowest BCUT2D eigenvalue weighted by Crippen LogP contribution is -2.31. The molecule has 3 aromatic carbocycles. The van der Waals surface area contributed by atoms with Crippen molar-refractivity contribution in [1.82, 2.24) is 9.88 Å². The van der Waals surface area contributed by atoms with E-state index in [0.717, 1.165) is 51.8 Å². The number of hydrogen-bond donors (Lipinski definition) is 0. The summed E-state index contributed by atoms with van der Waals surface area (Å²) in [6.45, 7) is 1.89. The zero-order chi connectivity index (χ0) is 26.8. The summed E-state index contributed by atoms with van der Waals surface area (Å²) in [5, 5.41) is 0. The molecule has 6 rings (SSSR count). The maximum Gasteiger partial charge on any atom is 0.226 e. The third-order valence-corrected chi connectivity index (χ3v) is 7.13. The standard InChI is InChI=1S/C34H29N3O2/c1-4-5-16-30-24(2)38-33(35-30)25-17-19-28(20-18-25)37(27-14-10-7-11-15-27)29-21-22-31-32(23-29)39-34(36(31)3)26-12-8-6-9-13-26/h1,5-20,22-23,29,34H,21H2,2-3H3/b16-5-. The Kier molecular flexibility index (Phi) is 6.52. The first kappa shape index (κ1) is 24.4. The van der Waals surface area contributed by atoms with Crippen LogP contribution in [-0.2, 0) is 4.74 Å². The van der Waals surface area contributed by atoms with Gasteiger partial charge in [0.2, 0.25) is 5.89 Å². The van der Waals surface area contributed by atoms with Gasteiger partial charge in [-0.05, 0) is 68.0 Å². The van der Waals surface area contributed by atoms with E-state index in [-0.39, 0.29) is 12.3 Å². The number of oxazole rings is 1. The smallest absolute Gasteiger partial charge is 0.226 e. The lowest BCUT2D eigenvalue weighted by atomic mass is 10.0. The highest BCUT2D eigenvalue weighted by Gasteiger charge is 2.35. The minimum atomic E-state index is -0.128. The van der Waals surface area contributed by atoms with Crippen LogP contribution in [0.25, 0.3) is 17.5 Å². The number of anilines is 2. The average Bonchev–Trinajstić information content (AvgIpc) is 3.52. The van der Waals surface area contributed by atoms with Crippen molar-refractivity contribution in [3.05, 3.63) is 132 Å². The van der Waals surface area contributed by atoms with Crippen molar-refractivity contribution in [2.45, 2.75) is 25.6 Å². The largest absolute Gasteiger partial charge is 0.464 e. The Morgan fingerprint density at radius 2 is 1.67 bits per heavy atom. The van der Waals surface area contributed by atoms with Crippen molar-refractivity contribution in [1.29, 1.82) is 0 Å². The maximum atomic E-state index is 6.49. The number of para-hydroxylation sites is 1. The Morgan fingerprint density at radius 3 is 2.38 bits per heavy atom. The van der Waals surface area contributed by atoms with E-state index in [1.807, 2.05) is 31.2 Å². The molecule has 0 spiro atoms. The molecule has 1 aliphatic heterocycles. The lowest BCUT2D eigenvalue weighted by molar-refractivity contribution is 0.0748. The molecule has 5 heteroatoms. The predicted octanol–water partition coefficient (Wildman–Crippen LogP) is 7.64. The molecule has 1 aromatic heterocycles. The topological polar surface area (TPSA) is 41.7 Å². The van der Waals surface area contributed by atoms with E-state index in [0.29, 0.717) is 5.89 Å². The van der Waals surface area contributed by atoms with Crippen LogP contribution in [0, 0.1) is 19.3 Å². The van der Waals surface area contributed by atoms with Gasteiger partial charge in [-0.1, -0.05) is 60.5 Å². The van der Waals surface area contributed by atoms with Crippen LogP contribution < -0.4 is 4.90 Å². The van der Waals surface area contributed by atoms with E-state index in [2.05, 4.69) is 101 Å². The van der Waals surface area contributed by atoms with Crippen LogP contribution in [0.3, 0.4) is 0 Å². The maximum absolute atomic E-state index is 6.49. The first-order valence-corrected chi connectivity index (χ1v) is 13.0. The molecule has 2 atom stereocenters. The van der Waals surface area contributed by atoms with Gasteiger partial charge >= 0.3 is 0 Å². The number of nitrogens with zero attached hydrogens (tertiary/aromatic N) is 3. The minimum absolute atomic E-state index is 0.0874. The van der Waals surface area contributed by atoms with Gasteiger partial charge in [0.05, 0.1) is 11.7 Å². The van der Waals surface area contributed by atoms with Crippen LogP contribution >= 0.6 is 0 Å². The number of aromatic nitrogens is 1. The summed E-state index contributed by atoms with van der Waals surface area (Å²) in [6.07, 6.45) is 14.0. The molecule has 0 radical (unpaired) electrons. The number of allylic oxidation sites excluding steroid dienone is 1. The van der Waals surface area contributed by atoms with Crippen molar-refractivity contribution >= 4 is 17.5 Å². The lowest BCUT2D eigenvalue weighted by Gasteiger charge is -2.33. The molecule has 1 fully saturated rings. The van der Waals surface area contributed by atoms with Gasteiger partial charge in [-0.25, -0.2) is 4.98 Å². The fraction of sp³-hybridized carbons (Fsp3) is 0.147. The van der Waals surface area contributed by atoms with Gasteiger partial charge in [0.25, 0.3) is 0 Å². The molecule has 0 N–H and O–H groups in total. The Labute approximate surface area is 229 Å². The molecule has 2 unspecified atom stereocenters. The third-order valence-electron chi connectivity index (χ3n) is 7.13. The van der Waals surface area contributed by atoms with Gasteiger partial charge < -0.3 is 19.0 Å². The van der Waals surface area contributed by atoms with Gasteiger partial charge in [-0.15, -0.1) is 6.42 Å². The van der Waals surface area contributed by atoms with E-state index in [1.54, 1.807) is 12.2 Å². The zero-order valence-corrected chi connectivity index (χ0v) is 22.0. The molecule has 1 saturated heterocycles. The first-order chi connectivity index (χ1) is 19.1. The molecule has 0 bridgehead atoms. The fourth-order valence-corrected chi connectivity index (χ4v) is 5.19. The molecule has 1 aliphatic carbocycles. The van der Waals surface area contributed by atoms with Gasteiger partial charge in [-0.3, -0.25) is 0 Å². The van der Waals surface area contributed by atoms with Crippen molar-refractivity contribution in [2.75, 3.05) is 11.9 Å². The fourth-order valence-electron chi connectivity index (χ4n) is 5.19. The minimum Gasteiger partial charge on any atom is -0.464 e. The van der Waals surface area contributed by atoms with Crippen LogP contribution in [0.2, 0.25) is 0 Å². The van der Waals surface area contributed by atoms with Crippen molar-refractivity contribution in [3.8, 4) is 23.8 Å². The number of ether oxygens (including phenoxy) is 1. The monoisotopic (exact) mass is 511 g/mol. The van der Waals surface area contributed by atoms with E-state index < -0.39 is 0 Å². The second kappa shape index (κ2) is 10.4. The van der Waals surface area contributed by atoms with Crippen LogP contribution in [0.5, 0.6) is 0 Å². The van der Waals surface area contributed by atoms with Gasteiger partial charge in [0, 0.05) is 29.5 Å². The summed E-state index contributed by atoms with van der Waals surface area (Å²) in [7, 11) is 2.09. The predicted molar refractivity (Wildman–Crippen MR) is 156 cm³/mol. The number of aryl methyl sites for hydroxylation is 1. The van der Waals surface area contributed by atoms with Crippen LogP contribution in [0.15, 0.2) is 119 Å². The number of benzene rings is 3. The second-order valence-electron chi connectivity index (χ2n) is 9.63. The second-order valence-corrected chi connectivity index (χ2v) is 9.63. The third kappa shape index (κ3) is 4.73. The van der Waals surface area contributed by atoms with E-state index in [4.69, 9.17) is 15.6 Å². The van der Waals surface area contributed by atoms with E-state index in [9.17, 15) is 0 Å². The Balaban J connectivity index is 1.31. The van der Waals surface area contributed by atoms with Gasteiger partial charge in [0.1, 0.15) is 17.2 Å². The molecule has 2 heterocycles. The molecule has 0 amide bonds. The quantitative estimate of drug-likeness (QED) is 0.249. The van der Waals surface area contributed by atoms with E-state index in [1.165, 1.54) is 0 Å². The molecule has 0 saturated carbocycles. The van der Waals surface area contributed by atoms with Crippen molar-refractivity contribution in [2.24, 2.45) is 0 Å². The molecule has 4 aromatic rings. The highest BCUT2D eigenvalue weighted by Crippen LogP contribution is 2.42. The number of fused-ring (bicyclic) bond motifs is 1. The number of likely N-dealkylation sites (N-methyl/N-ethyl adjacent to an activating group) is 1. The molecular weight excluding hydrogens is 482 g/mol. The summed E-state index contributed by atoms with van der Waals surface area (Å²) in [5.74, 6) is 4.72. The van der Waals surface area contributed by atoms with Crippen LogP contribution in [-0.4, -0.2) is 23.0 Å². The van der Waals surface area contributed by atoms with Crippen LogP contribution in [0.4, 0.5) is 11.4 Å². The molecule has 192 valence electrons. The summed E-state index contributed by atoms with van der Waals surface area (Å²) in [6, 6.07) is 29.2. The Morgan fingerprint density at radius 1 is 0.974 bits per heavy atom. The number of terminal acetylenes is 1. The number of rotatable bonds is 6. The Bertz CT molecular complexity index is 1590. The Hall–Kier alpha value is -4.95. The summed E-state index contributed by atoms with van der Waals surface area (Å²) >= 11 is 0. The van der Waals surface area contributed by atoms with Crippen molar-refractivity contribution in [3.63, 3.8) is 0 Å². The van der Waals surface area contributed by atoms with E-state index >= 15 is 0 Å². The average molecular weight is 512 g/mol. The van der Waals surface area contributed by atoms with Crippen molar-refractivity contribution < 1.29 is 9.15 Å². The zero-order valence-electron chi connectivity index (χ0n) is 22.0. The summed E-state index contributed by atoms with van der Waals surface area (Å²) in [4.78, 5) is 9.18.